The SMILES string of the molecule is C(=Cc1ccc2oc(C=Cc3ccc(-c4ccccc4)cc3)nc2c1)c1ccccc1. The Balaban J connectivity index is 1.32. The Hall–Kier alpha value is -4.17. The standard InChI is InChI=1S/C29H21NO/c1-3-7-22(8-4-1)11-12-24-15-19-28-27(21-24)30-29(31-28)20-16-23-13-17-26(18-14-23)25-9-5-2-6-10-25/h1-21H. The zero-order valence-electron chi connectivity index (χ0n) is 17.0. The van der Waals surface area contributed by atoms with Crippen molar-refractivity contribution in [2.45, 2.75) is 0 Å². The lowest BCUT2D eigenvalue weighted by Crippen LogP contribution is -1.78. The van der Waals surface area contributed by atoms with Crippen LogP contribution in [-0.2, 0) is 0 Å². The van der Waals surface area contributed by atoms with Crippen molar-refractivity contribution >= 4 is 35.4 Å². The topological polar surface area (TPSA) is 26.0 Å². The summed E-state index contributed by atoms with van der Waals surface area (Å²) in [7, 11) is 0. The van der Waals surface area contributed by atoms with E-state index in [1.165, 1.54) is 16.7 Å². The van der Waals surface area contributed by atoms with E-state index in [0.29, 0.717) is 5.89 Å². The van der Waals surface area contributed by atoms with Crippen molar-refractivity contribution in [3.63, 3.8) is 0 Å². The van der Waals surface area contributed by atoms with Crippen molar-refractivity contribution in [1.82, 2.24) is 4.98 Å². The Labute approximate surface area is 181 Å². The van der Waals surface area contributed by atoms with Gasteiger partial charge in [-0.25, -0.2) is 4.98 Å². The third kappa shape index (κ3) is 4.54. The summed E-state index contributed by atoms with van der Waals surface area (Å²) in [5, 5.41) is 0. The summed E-state index contributed by atoms with van der Waals surface area (Å²) in [5.41, 5.74) is 7.43. The number of aromatic nitrogens is 1. The van der Waals surface area contributed by atoms with Crippen LogP contribution in [0.2, 0.25) is 0 Å². The van der Waals surface area contributed by atoms with E-state index in [1.807, 2.05) is 54.6 Å². The highest BCUT2D eigenvalue weighted by Gasteiger charge is 2.04. The molecule has 0 amide bonds. The molecule has 0 aliphatic rings. The molecule has 148 valence electrons. The van der Waals surface area contributed by atoms with Crippen LogP contribution in [0.25, 0.3) is 46.5 Å². The summed E-state index contributed by atoms with van der Waals surface area (Å²) in [6, 6.07) is 35.2. The molecule has 2 nitrogen and oxygen atoms in total. The lowest BCUT2D eigenvalue weighted by atomic mass is 10.0. The molecule has 0 spiro atoms. The van der Waals surface area contributed by atoms with Crippen molar-refractivity contribution in [2.75, 3.05) is 0 Å². The summed E-state index contributed by atoms with van der Waals surface area (Å²) in [5.74, 6) is 0.603. The first-order valence-electron chi connectivity index (χ1n) is 10.3. The fraction of sp³-hybridized carbons (Fsp3) is 0. The van der Waals surface area contributed by atoms with Gasteiger partial charge in [-0.15, -0.1) is 0 Å². The van der Waals surface area contributed by atoms with Gasteiger partial charge in [-0.2, -0.15) is 0 Å². The molecule has 0 aliphatic carbocycles. The van der Waals surface area contributed by atoms with Crippen LogP contribution in [-0.4, -0.2) is 4.98 Å². The summed E-state index contributed by atoms with van der Waals surface area (Å²) in [6.07, 6.45) is 8.13. The Morgan fingerprint density at radius 3 is 1.87 bits per heavy atom. The normalized spacial score (nSPS) is 11.6. The molecule has 0 saturated heterocycles. The fourth-order valence-corrected chi connectivity index (χ4v) is 3.48. The first kappa shape index (κ1) is 18.8. The molecule has 0 saturated carbocycles. The van der Waals surface area contributed by atoms with Gasteiger partial charge < -0.3 is 4.42 Å². The fourth-order valence-electron chi connectivity index (χ4n) is 3.48. The maximum atomic E-state index is 5.88. The molecule has 1 aromatic heterocycles. The minimum absolute atomic E-state index is 0.603. The largest absolute Gasteiger partial charge is 0.437 e. The Bertz CT molecular complexity index is 1340. The third-order valence-corrected chi connectivity index (χ3v) is 5.13. The van der Waals surface area contributed by atoms with E-state index in [1.54, 1.807) is 0 Å². The van der Waals surface area contributed by atoms with Gasteiger partial charge in [-0.3, -0.25) is 0 Å². The first-order valence-corrected chi connectivity index (χ1v) is 10.3. The van der Waals surface area contributed by atoms with Crippen LogP contribution in [0, 0.1) is 0 Å². The van der Waals surface area contributed by atoms with Gasteiger partial charge in [0.2, 0.25) is 5.89 Å². The molecule has 4 aromatic carbocycles. The highest BCUT2D eigenvalue weighted by atomic mass is 16.3. The van der Waals surface area contributed by atoms with Crippen molar-refractivity contribution in [3.05, 3.63) is 126 Å². The highest BCUT2D eigenvalue weighted by molar-refractivity contribution is 5.81. The van der Waals surface area contributed by atoms with Crippen LogP contribution < -0.4 is 0 Å². The predicted molar refractivity (Wildman–Crippen MR) is 130 cm³/mol. The van der Waals surface area contributed by atoms with Crippen molar-refractivity contribution in [3.8, 4) is 11.1 Å². The minimum atomic E-state index is 0.603. The van der Waals surface area contributed by atoms with Crippen molar-refractivity contribution in [2.24, 2.45) is 0 Å². The van der Waals surface area contributed by atoms with Gasteiger partial charge in [0.05, 0.1) is 0 Å². The molecule has 0 atom stereocenters. The molecular weight excluding hydrogens is 378 g/mol. The molecular formula is C29H21NO. The van der Waals surface area contributed by atoms with Gasteiger partial charge in [0.25, 0.3) is 0 Å². The van der Waals surface area contributed by atoms with E-state index in [4.69, 9.17) is 4.42 Å². The molecule has 2 heteroatoms. The summed E-state index contributed by atoms with van der Waals surface area (Å²) in [6.45, 7) is 0. The second-order valence-corrected chi connectivity index (χ2v) is 7.34. The van der Waals surface area contributed by atoms with Gasteiger partial charge in [-0.05, 0) is 46.0 Å². The van der Waals surface area contributed by atoms with Crippen LogP contribution in [0.5, 0.6) is 0 Å². The van der Waals surface area contributed by atoms with E-state index in [0.717, 1.165) is 22.2 Å². The Morgan fingerprint density at radius 1 is 0.516 bits per heavy atom. The molecule has 5 rings (SSSR count). The van der Waals surface area contributed by atoms with Crippen LogP contribution >= 0.6 is 0 Å². The quantitative estimate of drug-likeness (QED) is 0.281. The smallest absolute Gasteiger partial charge is 0.220 e. The Kier molecular flexibility index (Phi) is 5.27. The van der Waals surface area contributed by atoms with Crippen molar-refractivity contribution in [1.29, 1.82) is 0 Å². The molecule has 0 unspecified atom stereocenters. The molecule has 0 aliphatic heterocycles. The van der Waals surface area contributed by atoms with E-state index < -0.39 is 0 Å². The van der Waals surface area contributed by atoms with Crippen molar-refractivity contribution < 1.29 is 4.42 Å². The van der Waals surface area contributed by atoms with Crippen LogP contribution in [0.15, 0.2) is 108 Å². The number of hydrogen-bond acceptors (Lipinski definition) is 2. The van der Waals surface area contributed by atoms with Gasteiger partial charge in [0.1, 0.15) is 5.52 Å². The number of fused-ring (bicyclic) bond motifs is 1. The molecule has 0 bridgehead atoms. The number of benzene rings is 4. The number of nitrogens with zero attached hydrogens (tertiary/aromatic N) is 1. The maximum Gasteiger partial charge on any atom is 0.220 e. The summed E-state index contributed by atoms with van der Waals surface area (Å²) >= 11 is 0. The Morgan fingerprint density at radius 2 is 1.10 bits per heavy atom. The molecule has 0 fully saturated rings. The van der Waals surface area contributed by atoms with Crippen LogP contribution in [0.1, 0.15) is 22.6 Å². The summed E-state index contributed by atoms with van der Waals surface area (Å²) in [4.78, 5) is 4.62. The van der Waals surface area contributed by atoms with Gasteiger partial charge in [0, 0.05) is 6.08 Å². The minimum Gasteiger partial charge on any atom is -0.437 e. The first-order chi connectivity index (χ1) is 15.3. The van der Waals surface area contributed by atoms with Crippen LogP contribution in [0.3, 0.4) is 0 Å². The van der Waals surface area contributed by atoms with E-state index in [2.05, 4.69) is 77.8 Å². The molecule has 1 heterocycles. The van der Waals surface area contributed by atoms with Crippen LogP contribution in [0.4, 0.5) is 0 Å². The zero-order valence-corrected chi connectivity index (χ0v) is 17.0. The molecule has 0 radical (unpaired) electrons. The predicted octanol–water partition coefficient (Wildman–Crippen LogP) is 7.84. The highest BCUT2D eigenvalue weighted by Crippen LogP contribution is 2.22. The molecule has 5 aromatic rings. The third-order valence-electron chi connectivity index (χ3n) is 5.13. The van der Waals surface area contributed by atoms with E-state index in [-0.39, 0.29) is 0 Å². The van der Waals surface area contributed by atoms with E-state index in [9.17, 15) is 0 Å². The monoisotopic (exact) mass is 399 g/mol. The van der Waals surface area contributed by atoms with Gasteiger partial charge in [-0.1, -0.05) is 103 Å². The lowest BCUT2D eigenvalue weighted by molar-refractivity contribution is 0.589. The second-order valence-electron chi connectivity index (χ2n) is 7.34. The van der Waals surface area contributed by atoms with E-state index >= 15 is 0 Å². The maximum absolute atomic E-state index is 5.88. The molecule has 31 heavy (non-hydrogen) atoms. The number of hydrogen-bond donors (Lipinski definition) is 0. The summed E-state index contributed by atoms with van der Waals surface area (Å²) < 4.78 is 5.88. The number of oxazole rings is 1. The number of rotatable bonds is 5. The zero-order chi connectivity index (χ0) is 20.9. The van der Waals surface area contributed by atoms with Gasteiger partial charge >= 0.3 is 0 Å². The second kappa shape index (κ2) is 8.68. The molecule has 0 N–H and O–H groups in total. The van der Waals surface area contributed by atoms with Gasteiger partial charge in [0.15, 0.2) is 5.58 Å². The lowest BCUT2D eigenvalue weighted by Gasteiger charge is -2.01. The average molecular weight is 399 g/mol. The average Bonchev–Trinajstić information content (AvgIpc) is 3.25.